The first kappa shape index (κ1) is 10.9. The molecule has 1 heterocycles. The van der Waals surface area contributed by atoms with E-state index in [-0.39, 0.29) is 17.5 Å². The van der Waals surface area contributed by atoms with Crippen LogP contribution in [0.25, 0.3) is 0 Å². The van der Waals surface area contributed by atoms with Crippen LogP contribution in [0.1, 0.15) is 13.8 Å². The Morgan fingerprint density at radius 1 is 1.31 bits per heavy atom. The lowest BCUT2D eigenvalue weighted by atomic mass is 10.2. The molecule has 1 fully saturated rings. The Morgan fingerprint density at radius 3 is 2.15 bits per heavy atom. The molecule has 0 amide bonds. The third kappa shape index (κ3) is 2.42. The second-order valence-corrected chi connectivity index (χ2v) is 5.77. The van der Waals surface area contributed by atoms with Crippen molar-refractivity contribution in [3.8, 4) is 0 Å². The highest BCUT2D eigenvalue weighted by molar-refractivity contribution is 7.91. The largest absolute Gasteiger partial charge is 0.386 e. The fourth-order valence-corrected chi connectivity index (χ4v) is 3.89. The summed E-state index contributed by atoms with van der Waals surface area (Å²) in [6, 6.07) is -0.111. The summed E-state index contributed by atoms with van der Waals surface area (Å²) >= 11 is 0. The van der Waals surface area contributed by atoms with Crippen LogP contribution in [0.5, 0.6) is 0 Å². The first-order valence-electron chi connectivity index (χ1n) is 4.73. The SMILES string of the molecule is CC[NH+](CC)[C@H]1CS(=O)(=O)C[C@@H]1O. The van der Waals surface area contributed by atoms with Crippen LogP contribution in [0.4, 0.5) is 0 Å². The van der Waals surface area contributed by atoms with Gasteiger partial charge in [-0.1, -0.05) is 0 Å². The zero-order chi connectivity index (χ0) is 10.1. The molecule has 2 atom stereocenters. The van der Waals surface area contributed by atoms with Gasteiger partial charge >= 0.3 is 0 Å². The van der Waals surface area contributed by atoms with E-state index in [1.54, 1.807) is 0 Å². The van der Waals surface area contributed by atoms with Gasteiger partial charge in [-0.25, -0.2) is 8.42 Å². The Morgan fingerprint density at radius 2 is 1.85 bits per heavy atom. The smallest absolute Gasteiger partial charge is 0.159 e. The minimum absolute atomic E-state index is 0.0544. The molecule has 1 aliphatic heterocycles. The van der Waals surface area contributed by atoms with Gasteiger partial charge in [-0.3, -0.25) is 0 Å². The van der Waals surface area contributed by atoms with E-state index in [9.17, 15) is 13.5 Å². The topological polar surface area (TPSA) is 58.8 Å². The molecule has 0 aromatic heterocycles. The van der Waals surface area contributed by atoms with E-state index in [2.05, 4.69) is 0 Å². The van der Waals surface area contributed by atoms with Crippen LogP contribution in [-0.4, -0.2) is 50.3 Å². The van der Waals surface area contributed by atoms with Crippen molar-refractivity contribution in [1.29, 1.82) is 0 Å². The molecule has 0 radical (unpaired) electrons. The molecule has 0 aromatic rings. The Labute approximate surface area is 79.5 Å². The standard InChI is InChI=1S/C8H17NO3S/c1-3-9(4-2)7-5-13(11,12)6-8(7)10/h7-8,10H,3-6H2,1-2H3/p+1/t7-,8-/m0/s1. The predicted molar refractivity (Wildman–Crippen MR) is 50.5 cm³/mol. The van der Waals surface area contributed by atoms with Crippen LogP contribution >= 0.6 is 0 Å². The monoisotopic (exact) mass is 208 g/mol. The van der Waals surface area contributed by atoms with Gasteiger partial charge in [0.1, 0.15) is 17.9 Å². The average Bonchev–Trinajstić information content (AvgIpc) is 2.28. The van der Waals surface area contributed by atoms with Crippen LogP contribution in [-0.2, 0) is 9.84 Å². The Bertz CT molecular complexity index is 259. The molecule has 0 unspecified atom stereocenters. The highest BCUT2D eigenvalue weighted by atomic mass is 32.2. The van der Waals surface area contributed by atoms with Gasteiger partial charge in [0.05, 0.1) is 18.8 Å². The molecule has 1 aliphatic rings. The van der Waals surface area contributed by atoms with Gasteiger partial charge in [0, 0.05) is 0 Å². The fourth-order valence-electron chi connectivity index (χ4n) is 1.99. The van der Waals surface area contributed by atoms with E-state index in [4.69, 9.17) is 0 Å². The average molecular weight is 208 g/mol. The van der Waals surface area contributed by atoms with E-state index in [0.717, 1.165) is 13.1 Å². The number of sulfone groups is 1. The van der Waals surface area contributed by atoms with Crippen LogP contribution in [0, 0.1) is 0 Å². The number of aliphatic hydroxyl groups is 1. The third-order valence-electron chi connectivity index (χ3n) is 2.76. The second kappa shape index (κ2) is 3.94. The highest BCUT2D eigenvalue weighted by Gasteiger charge is 2.41. The number of nitrogens with one attached hydrogen (secondary N) is 1. The van der Waals surface area contributed by atoms with E-state index >= 15 is 0 Å². The number of hydrogen-bond donors (Lipinski definition) is 2. The van der Waals surface area contributed by atoms with E-state index in [1.807, 2.05) is 13.8 Å². The zero-order valence-corrected chi connectivity index (χ0v) is 8.97. The summed E-state index contributed by atoms with van der Waals surface area (Å²) in [5, 5.41) is 9.56. The molecule has 0 saturated carbocycles. The molecule has 0 aromatic carbocycles. The lowest BCUT2D eigenvalue weighted by Crippen LogP contribution is -3.16. The number of hydrogen-bond acceptors (Lipinski definition) is 3. The lowest BCUT2D eigenvalue weighted by molar-refractivity contribution is -0.922. The van der Waals surface area contributed by atoms with Crippen LogP contribution in [0.2, 0.25) is 0 Å². The molecular formula is C8H18NO3S+. The number of aliphatic hydroxyl groups excluding tert-OH is 1. The quantitative estimate of drug-likeness (QED) is 0.568. The molecule has 0 aliphatic carbocycles. The van der Waals surface area contributed by atoms with E-state index in [1.165, 1.54) is 4.90 Å². The molecule has 78 valence electrons. The minimum atomic E-state index is -2.98. The Hall–Kier alpha value is -0.130. The van der Waals surface area contributed by atoms with Crippen LogP contribution in [0.15, 0.2) is 0 Å². The minimum Gasteiger partial charge on any atom is -0.386 e. The Kier molecular flexibility index (Phi) is 3.32. The normalized spacial score (nSPS) is 32.6. The fraction of sp³-hybridized carbons (Fsp3) is 1.00. The summed E-state index contributed by atoms with van der Waals surface area (Å²) in [5.41, 5.74) is 0. The number of rotatable bonds is 3. The van der Waals surface area contributed by atoms with Gasteiger partial charge in [0.15, 0.2) is 9.84 Å². The Balaban J connectivity index is 2.72. The maximum absolute atomic E-state index is 11.2. The van der Waals surface area contributed by atoms with Gasteiger partial charge in [0.2, 0.25) is 0 Å². The molecule has 5 heteroatoms. The van der Waals surface area contributed by atoms with E-state index < -0.39 is 15.9 Å². The second-order valence-electron chi connectivity index (χ2n) is 3.62. The first-order chi connectivity index (χ1) is 6.00. The summed E-state index contributed by atoms with van der Waals surface area (Å²) in [5.74, 6) is 0.0896. The van der Waals surface area contributed by atoms with Crippen molar-refractivity contribution in [2.24, 2.45) is 0 Å². The summed E-state index contributed by atoms with van der Waals surface area (Å²) in [4.78, 5) is 1.17. The van der Waals surface area contributed by atoms with Crippen molar-refractivity contribution in [1.82, 2.24) is 0 Å². The number of likely N-dealkylation sites (N-methyl/N-ethyl adjacent to an activating group) is 1. The van der Waals surface area contributed by atoms with Gasteiger partial charge in [-0.15, -0.1) is 0 Å². The first-order valence-corrected chi connectivity index (χ1v) is 6.55. The van der Waals surface area contributed by atoms with Gasteiger partial charge in [-0.05, 0) is 13.8 Å². The van der Waals surface area contributed by atoms with Crippen molar-refractivity contribution < 1.29 is 18.4 Å². The van der Waals surface area contributed by atoms with Crippen molar-refractivity contribution in [3.05, 3.63) is 0 Å². The van der Waals surface area contributed by atoms with Crippen LogP contribution < -0.4 is 4.90 Å². The highest BCUT2D eigenvalue weighted by Crippen LogP contribution is 2.09. The molecule has 2 N–H and O–H groups in total. The lowest BCUT2D eigenvalue weighted by Gasteiger charge is -2.24. The molecule has 0 bridgehead atoms. The van der Waals surface area contributed by atoms with Crippen molar-refractivity contribution >= 4 is 9.84 Å². The third-order valence-corrected chi connectivity index (χ3v) is 4.47. The molecule has 1 rings (SSSR count). The molecular weight excluding hydrogens is 190 g/mol. The van der Waals surface area contributed by atoms with Gasteiger partial charge < -0.3 is 10.0 Å². The van der Waals surface area contributed by atoms with Crippen molar-refractivity contribution in [3.63, 3.8) is 0 Å². The van der Waals surface area contributed by atoms with Gasteiger partial charge in [-0.2, -0.15) is 0 Å². The zero-order valence-electron chi connectivity index (χ0n) is 8.16. The molecule has 4 nitrogen and oxygen atoms in total. The summed E-state index contributed by atoms with van der Waals surface area (Å²) in [6.07, 6.45) is -0.667. The predicted octanol–water partition coefficient (Wildman–Crippen LogP) is -1.93. The maximum atomic E-state index is 11.2. The van der Waals surface area contributed by atoms with Crippen molar-refractivity contribution in [2.45, 2.75) is 26.0 Å². The molecule has 0 spiro atoms. The summed E-state index contributed by atoms with van der Waals surface area (Å²) in [6.45, 7) is 5.76. The maximum Gasteiger partial charge on any atom is 0.159 e. The summed E-state index contributed by atoms with van der Waals surface area (Å²) < 4.78 is 22.4. The van der Waals surface area contributed by atoms with Gasteiger partial charge in [0.25, 0.3) is 0 Å². The summed E-state index contributed by atoms with van der Waals surface area (Å²) in [7, 11) is -2.98. The van der Waals surface area contributed by atoms with E-state index in [0.29, 0.717) is 0 Å². The molecule has 13 heavy (non-hydrogen) atoms. The van der Waals surface area contributed by atoms with Crippen LogP contribution in [0.3, 0.4) is 0 Å². The molecule has 1 saturated heterocycles. The number of quaternary nitrogens is 1. The van der Waals surface area contributed by atoms with Crippen molar-refractivity contribution in [2.75, 3.05) is 24.6 Å².